The number of hydrogen-bond donors (Lipinski definition) is 1. The molecule has 1 unspecified atom stereocenters. The fraction of sp³-hybridized carbons (Fsp3) is 0.556. The Morgan fingerprint density at radius 3 is 2.58 bits per heavy atom. The van der Waals surface area contributed by atoms with Gasteiger partial charge in [0.1, 0.15) is 16.5 Å². The van der Waals surface area contributed by atoms with Gasteiger partial charge in [-0.2, -0.15) is 4.31 Å². The van der Waals surface area contributed by atoms with E-state index in [0.717, 1.165) is 56.8 Å². The minimum absolute atomic E-state index is 0.294. The van der Waals surface area contributed by atoms with Crippen molar-refractivity contribution in [3.05, 3.63) is 36.5 Å². The summed E-state index contributed by atoms with van der Waals surface area (Å²) in [5.41, 5.74) is 0. The summed E-state index contributed by atoms with van der Waals surface area (Å²) in [6.07, 6.45) is 10.3. The van der Waals surface area contributed by atoms with Gasteiger partial charge in [0.25, 0.3) is 0 Å². The van der Waals surface area contributed by atoms with Crippen LogP contribution in [0, 0.1) is 0 Å². The van der Waals surface area contributed by atoms with Gasteiger partial charge in [0.05, 0.1) is 0 Å². The first-order valence-corrected chi connectivity index (χ1v) is 10.8. The number of nitrogens with zero attached hydrogens (tertiary/aromatic N) is 4. The zero-order valence-electron chi connectivity index (χ0n) is 14.8. The Labute approximate surface area is 154 Å². The fourth-order valence-electron chi connectivity index (χ4n) is 3.88. The normalized spacial score (nSPS) is 22.5. The average molecular weight is 375 g/mol. The molecule has 8 heteroatoms. The van der Waals surface area contributed by atoms with E-state index in [2.05, 4.69) is 19.9 Å². The summed E-state index contributed by atoms with van der Waals surface area (Å²) < 4.78 is 27.1. The molecule has 0 bridgehead atoms. The van der Waals surface area contributed by atoms with E-state index >= 15 is 0 Å². The van der Waals surface area contributed by atoms with Crippen LogP contribution in [0.3, 0.4) is 0 Å². The molecule has 0 amide bonds. The molecule has 0 saturated carbocycles. The molecule has 26 heavy (non-hydrogen) atoms. The highest BCUT2D eigenvalue weighted by Crippen LogP contribution is 2.28. The fourth-order valence-corrected chi connectivity index (χ4v) is 5.34. The molecule has 1 N–H and O–H groups in total. The highest BCUT2D eigenvalue weighted by Gasteiger charge is 2.27. The molecular formula is C18H25N5O2S. The first-order chi connectivity index (χ1) is 12.6. The number of H-pyrrole nitrogens is 1. The summed E-state index contributed by atoms with van der Waals surface area (Å²) in [7, 11) is -3.42. The molecule has 2 saturated heterocycles. The standard InChI is InChI=1S/C18H25N5O2S/c24-26(25,23-11-2-1-3-12-23)16-6-7-17(21-13-16)22-10-4-5-15(14-22)18-19-8-9-20-18/h6-9,13,15H,1-5,10-12,14H2,(H,19,20). The van der Waals surface area contributed by atoms with E-state index in [9.17, 15) is 8.42 Å². The molecule has 2 aliphatic heterocycles. The van der Waals surface area contributed by atoms with E-state index in [1.165, 1.54) is 6.20 Å². The SMILES string of the molecule is O=S(=O)(c1ccc(N2CCCC(c3ncc[nH]3)C2)nc1)N1CCCCC1. The van der Waals surface area contributed by atoms with Gasteiger partial charge in [0, 0.05) is 50.7 Å². The highest BCUT2D eigenvalue weighted by atomic mass is 32.2. The topological polar surface area (TPSA) is 82.2 Å². The zero-order valence-corrected chi connectivity index (χ0v) is 15.7. The van der Waals surface area contributed by atoms with Gasteiger partial charge in [-0.3, -0.25) is 0 Å². The number of rotatable bonds is 4. The van der Waals surface area contributed by atoms with E-state index < -0.39 is 10.0 Å². The van der Waals surface area contributed by atoms with Crippen molar-refractivity contribution >= 4 is 15.8 Å². The lowest BCUT2D eigenvalue weighted by molar-refractivity contribution is 0.346. The molecule has 140 valence electrons. The maximum atomic E-state index is 12.7. The van der Waals surface area contributed by atoms with Crippen molar-refractivity contribution in [1.82, 2.24) is 19.3 Å². The summed E-state index contributed by atoms with van der Waals surface area (Å²) in [6.45, 7) is 3.00. The number of aromatic nitrogens is 3. The number of pyridine rings is 1. The quantitative estimate of drug-likeness (QED) is 0.887. The summed E-state index contributed by atoms with van der Waals surface area (Å²) in [5.74, 6) is 2.20. The smallest absolute Gasteiger partial charge is 0.244 e. The Hall–Kier alpha value is -1.93. The second-order valence-electron chi connectivity index (χ2n) is 7.08. The molecule has 7 nitrogen and oxygen atoms in total. The second-order valence-corrected chi connectivity index (χ2v) is 9.01. The molecule has 4 heterocycles. The third-order valence-corrected chi connectivity index (χ3v) is 7.21. The maximum Gasteiger partial charge on any atom is 0.244 e. The van der Waals surface area contributed by atoms with Crippen molar-refractivity contribution in [2.75, 3.05) is 31.1 Å². The van der Waals surface area contributed by atoms with Gasteiger partial charge >= 0.3 is 0 Å². The Bertz CT molecular complexity index is 814. The van der Waals surface area contributed by atoms with Crippen LogP contribution in [0.5, 0.6) is 0 Å². The lowest BCUT2D eigenvalue weighted by atomic mass is 9.97. The van der Waals surface area contributed by atoms with Crippen LogP contribution in [0.25, 0.3) is 0 Å². The molecule has 2 fully saturated rings. The van der Waals surface area contributed by atoms with Crippen molar-refractivity contribution in [3.63, 3.8) is 0 Å². The van der Waals surface area contributed by atoms with E-state index in [0.29, 0.717) is 23.9 Å². The molecule has 1 atom stereocenters. The Balaban J connectivity index is 1.48. The Morgan fingerprint density at radius 2 is 1.88 bits per heavy atom. The summed E-state index contributed by atoms with van der Waals surface area (Å²) >= 11 is 0. The van der Waals surface area contributed by atoms with Gasteiger partial charge < -0.3 is 9.88 Å². The number of imidazole rings is 1. The van der Waals surface area contributed by atoms with E-state index in [1.54, 1.807) is 16.6 Å². The van der Waals surface area contributed by atoms with E-state index in [-0.39, 0.29) is 0 Å². The molecule has 2 aromatic rings. The molecule has 0 aliphatic carbocycles. The molecule has 2 aromatic heterocycles. The van der Waals surface area contributed by atoms with Crippen molar-refractivity contribution in [2.45, 2.75) is 42.9 Å². The van der Waals surface area contributed by atoms with E-state index in [4.69, 9.17) is 0 Å². The van der Waals surface area contributed by atoms with Crippen LogP contribution in [0.15, 0.2) is 35.6 Å². The van der Waals surface area contributed by atoms with Crippen LogP contribution in [-0.2, 0) is 10.0 Å². The van der Waals surface area contributed by atoms with Gasteiger partial charge in [-0.15, -0.1) is 0 Å². The molecule has 0 radical (unpaired) electrons. The van der Waals surface area contributed by atoms with Crippen LogP contribution < -0.4 is 4.90 Å². The molecule has 2 aliphatic rings. The van der Waals surface area contributed by atoms with E-state index in [1.807, 2.05) is 12.3 Å². The van der Waals surface area contributed by atoms with Gasteiger partial charge in [-0.05, 0) is 37.8 Å². The van der Waals surface area contributed by atoms with Gasteiger partial charge in [0.2, 0.25) is 10.0 Å². The third kappa shape index (κ3) is 3.48. The largest absolute Gasteiger partial charge is 0.356 e. The van der Waals surface area contributed by atoms with Crippen LogP contribution in [0.2, 0.25) is 0 Å². The zero-order chi connectivity index (χ0) is 18.0. The van der Waals surface area contributed by atoms with Crippen molar-refractivity contribution in [1.29, 1.82) is 0 Å². The summed E-state index contributed by atoms with van der Waals surface area (Å²) in [4.78, 5) is 14.6. The lowest BCUT2D eigenvalue weighted by Gasteiger charge is -2.33. The lowest BCUT2D eigenvalue weighted by Crippen LogP contribution is -2.36. The molecule has 0 spiro atoms. The Kier molecular flexibility index (Phi) is 4.95. The number of nitrogens with one attached hydrogen (secondary N) is 1. The number of hydrogen-bond acceptors (Lipinski definition) is 5. The van der Waals surface area contributed by atoms with Crippen LogP contribution in [-0.4, -0.2) is 53.9 Å². The minimum atomic E-state index is -3.42. The van der Waals surface area contributed by atoms with Crippen molar-refractivity contribution < 1.29 is 8.42 Å². The van der Waals surface area contributed by atoms with Gasteiger partial charge in [-0.25, -0.2) is 18.4 Å². The first-order valence-electron chi connectivity index (χ1n) is 9.35. The monoisotopic (exact) mass is 375 g/mol. The van der Waals surface area contributed by atoms with Gasteiger partial charge in [-0.1, -0.05) is 6.42 Å². The number of piperidine rings is 2. The summed E-state index contributed by atoms with van der Waals surface area (Å²) in [6, 6.07) is 3.53. The number of aromatic amines is 1. The van der Waals surface area contributed by atoms with Crippen LogP contribution in [0.1, 0.15) is 43.8 Å². The summed E-state index contributed by atoms with van der Waals surface area (Å²) in [5, 5.41) is 0. The van der Waals surface area contributed by atoms with Crippen molar-refractivity contribution in [3.8, 4) is 0 Å². The van der Waals surface area contributed by atoms with Crippen LogP contribution >= 0.6 is 0 Å². The minimum Gasteiger partial charge on any atom is -0.356 e. The number of anilines is 1. The second kappa shape index (κ2) is 7.36. The first kappa shape index (κ1) is 17.5. The average Bonchev–Trinajstić information content (AvgIpc) is 3.24. The number of sulfonamides is 1. The van der Waals surface area contributed by atoms with Crippen molar-refractivity contribution in [2.24, 2.45) is 0 Å². The van der Waals surface area contributed by atoms with Gasteiger partial charge in [0.15, 0.2) is 0 Å². The van der Waals surface area contributed by atoms with Crippen LogP contribution in [0.4, 0.5) is 5.82 Å². The third-order valence-electron chi connectivity index (χ3n) is 5.32. The molecule has 0 aromatic carbocycles. The predicted octanol–water partition coefficient (Wildman–Crippen LogP) is 2.36. The highest BCUT2D eigenvalue weighted by molar-refractivity contribution is 7.89. The molecule has 4 rings (SSSR count). The Morgan fingerprint density at radius 1 is 1.04 bits per heavy atom. The molecular weight excluding hydrogens is 350 g/mol. The predicted molar refractivity (Wildman–Crippen MR) is 99.6 cm³/mol. The maximum absolute atomic E-state index is 12.7.